The minimum atomic E-state index is -0.354. The largest absolute Gasteiger partial charge is 0.354 e. The molecular formula is C15H17N9O. The molecule has 1 saturated heterocycles. The van der Waals surface area contributed by atoms with E-state index in [1.165, 1.54) is 19.0 Å². The van der Waals surface area contributed by atoms with E-state index in [1.54, 1.807) is 6.07 Å². The number of anilines is 2. The zero-order valence-electron chi connectivity index (χ0n) is 13.7. The lowest BCUT2D eigenvalue weighted by Crippen LogP contribution is -2.44. The molecule has 1 amide bonds. The summed E-state index contributed by atoms with van der Waals surface area (Å²) in [6.07, 6.45) is 4.27. The first-order valence-electron chi connectivity index (χ1n) is 7.91. The molecule has 10 heteroatoms. The van der Waals surface area contributed by atoms with Gasteiger partial charge in [0, 0.05) is 32.2 Å². The fourth-order valence-electron chi connectivity index (χ4n) is 2.71. The first-order chi connectivity index (χ1) is 12.2. The van der Waals surface area contributed by atoms with E-state index in [1.807, 2.05) is 0 Å². The number of hydrogen-bond donors (Lipinski definition) is 2. The molecule has 1 aliphatic rings. The van der Waals surface area contributed by atoms with Gasteiger partial charge in [-0.25, -0.2) is 24.9 Å². The molecule has 0 saturated carbocycles. The third kappa shape index (κ3) is 3.11. The molecule has 1 fully saturated rings. The first-order valence-corrected chi connectivity index (χ1v) is 7.91. The smallest absolute Gasteiger partial charge is 0.275 e. The summed E-state index contributed by atoms with van der Waals surface area (Å²) in [6, 6.07) is 1.70. The van der Waals surface area contributed by atoms with E-state index in [2.05, 4.69) is 52.1 Å². The van der Waals surface area contributed by atoms with Crippen molar-refractivity contribution >= 4 is 28.7 Å². The third-order valence-corrected chi connectivity index (χ3v) is 4.17. The number of nitrogens with one attached hydrogen (secondary N) is 2. The summed E-state index contributed by atoms with van der Waals surface area (Å²) in [6.45, 7) is 3.67. The van der Waals surface area contributed by atoms with Crippen molar-refractivity contribution in [3.8, 4) is 0 Å². The van der Waals surface area contributed by atoms with Crippen molar-refractivity contribution in [1.82, 2.24) is 34.8 Å². The molecule has 1 aliphatic heterocycles. The molecule has 0 bridgehead atoms. The monoisotopic (exact) mass is 339 g/mol. The standard InChI is InChI=1S/C15H17N9O/c1-23-2-4-24(5-3-23)11-6-10(16-7-17-11)15(25)22-14-12-13(19-8-18-12)20-9-21-14/h6-9H,2-5H2,1H3,(H2,18,19,20,21,22,25). The van der Waals surface area contributed by atoms with Gasteiger partial charge in [-0.3, -0.25) is 4.79 Å². The number of imidazole rings is 1. The van der Waals surface area contributed by atoms with Crippen LogP contribution in [0.15, 0.2) is 25.0 Å². The number of aromatic nitrogens is 6. The summed E-state index contributed by atoms with van der Waals surface area (Å²) < 4.78 is 0. The molecule has 3 aromatic heterocycles. The highest BCUT2D eigenvalue weighted by Gasteiger charge is 2.18. The first kappa shape index (κ1) is 15.4. The Balaban J connectivity index is 1.54. The number of nitrogens with zero attached hydrogens (tertiary/aromatic N) is 7. The van der Waals surface area contributed by atoms with Gasteiger partial charge in [0.2, 0.25) is 0 Å². The highest BCUT2D eigenvalue weighted by Crippen LogP contribution is 2.17. The van der Waals surface area contributed by atoms with Crippen LogP contribution in [-0.2, 0) is 0 Å². The lowest BCUT2D eigenvalue weighted by atomic mass is 10.3. The molecule has 0 aromatic carbocycles. The molecular weight excluding hydrogens is 322 g/mol. The maximum atomic E-state index is 12.5. The molecule has 0 atom stereocenters. The Labute approximate surface area is 143 Å². The number of hydrogen-bond acceptors (Lipinski definition) is 8. The van der Waals surface area contributed by atoms with E-state index >= 15 is 0 Å². The van der Waals surface area contributed by atoms with E-state index in [4.69, 9.17) is 0 Å². The Morgan fingerprint density at radius 1 is 1.08 bits per heavy atom. The minimum absolute atomic E-state index is 0.287. The van der Waals surface area contributed by atoms with Gasteiger partial charge in [-0.15, -0.1) is 0 Å². The van der Waals surface area contributed by atoms with Crippen LogP contribution >= 0.6 is 0 Å². The van der Waals surface area contributed by atoms with Crippen LogP contribution in [0.1, 0.15) is 10.5 Å². The van der Waals surface area contributed by atoms with Crippen LogP contribution < -0.4 is 10.2 Å². The van der Waals surface area contributed by atoms with E-state index < -0.39 is 0 Å². The second kappa shape index (κ2) is 6.40. The Morgan fingerprint density at radius 3 is 2.72 bits per heavy atom. The molecule has 3 aromatic rings. The van der Waals surface area contributed by atoms with Gasteiger partial charge in [0.25, 0.3) is 5.91 Å². The van der Waals surface area contributed by atoms with E-state index in [9.17, 15) is 4.79 Å². The van der Waals surface area contributed by atoms with Crippen molar-refractivity contribution in [2.24, 2.45) is 0 Å². The van der Waals surface area contributed by atoms with Gasteiger partial charge in [0.15, 0.2) is 11.5 Å². The molecule has 25 heavy (non-hydrogen) atoms. The zero-order valence-corrected chi connectivity index (χ0v) is 13.7. The average molecular weight is 339 g/mol. The van der Waals surface area contributed by atoms with Crippen LogP contribution in [0.2, 0.25) is 0 Å². The number of likely N-dealkylation sites (N-methyl/N-ethyl adjacent to an activating group) is 1. The Bertz CT molecular complexity index is 901. The molecule has 0 radical (unpaired) electrons. The van der Waals surface area contributed by atoms with Gasteiger partial charge >= 0.3 is 0 Å². The fourth-order valence-corrected chi connectivity index (χ4v) is 2.71. The Hall–Kier alpha value is -3.14. The van der Waals surface area contributed by atoms with Gasteiger partial charge in [-0.05, 0) is 7.05 Å². The third-order valence-electron chi connectivity index (χ3n) is 4.17. The quantitative estimate of drug-likeness (QED) is 0.692. The molecule has 2 N–H and O–H groups in total. The number of carbonyl (C=O) groups excluding carboxylic acids is 1. The van der Waals surface area contributed by atoms with Crippen molar-refractivity contribution in [3.63, 3.8) is 0 Å². The number of fused-ring (bicyclic) bond motifs is 1. The average Bonchev–Trinajstić information content (AvgIpc) is 3.12. The topological polar surface area (TPSA) is 116 Å². The maximum Gasteiger partial charge on any atom is 0.275 e. The normalized spacial score (nSPS) is 15.5. The maximum absolute atomic E-state index is 12.5. The summed E-state index contributed by atoms with van der Waals surface area (Å²) in [5.74, 6) is 0.766. The number of carbonyl (C=O) groups is 1. The van der Waals surface area contributed by atoms with E-state index in [0.717, 1.165) is 32.0 Å². The Morgan fingerprint density at radius 2 is 1.88 bits per heavy atom. The van der Waals surface area contributed by atoms with Crippen molar-refractivity contribution in [2.75, 3.05) is 43.4 Å². The predicted octanol–water partition coefficient (Wildman–Crippen LogP) is 0.147. The number of rotatable bonds is 3. The molecule has 10 nitrogen and oxygen atoms in total. The van der Waals surface area contributed by atoms with E-state index in [-0.39, 0.29) is 11.6 Å². The lowest BCUT2D eigenvalue weighted by molar-refractivity contribution is 0.102. The Kier molecular flexibility index (Phi) is 3.94. The summed E-state index contributed by atoms with van der Waals surface area (Å²) >= 11 is 0. The molecule has 4 rings (SSSR count). The highest BCUT2D eigenvalue weighted by atomic mass is 16.1. The van der Waals surface area contributed by atoms with Gasteiger partial charge in [0.05, 0.1) is 6.33 Å². The number of aromatic amines is 1. The van der Waals surface area contributed by atoms with Crippen molar-refractivity contribution in [1.29, 1.82) is 0 Å². The highest BCUT2D eigenvalue weighted by molar-refractivity contribution is 6.05. The summed E-state index contributed by atoms with van der Waals surface area (Å²) in [5.41, 5.74) is 1.35. The van der Waals surface area contributed by atoms with Crippen molar-refractivity contribution in [2.45, 2.75) is 0 Å². The van der Waals surface area contributed by atoms with Gasteiger partial charge in [0.1, 0.15) is 29.7 Å². The van der Waals surface area contributed by atoms with Crippen LogP contribution in [0.5, 0.6) is 0 Å². The van der Waals surface area contributed by atoms with Crippen LogP contribution in [0.25, 0.3) is 11.2 Å². The summed E-state index contributed by atoms with van der Waals surface area (Å²) in [4.78, 5) is 40.4. The molecule has 0 unspecified atom stereocenters. The summed E-state index contributed by atoms with van der Waals surface area (Å²) in [7, 11) is 2.09. The molecule has 0 spiro atoms. The minimum Gasteiger partial charge on any atom is -0.354 e. The SMILES string of the molecule is CN1CCN(c2cc(C(=O)Nc3ncnc4nc[nH]c34)ncn2)CC1. The van der Waals surface area contributed by atoms with Crippen LogP contribution in [0.4, 0.5) is 11.6 Å². The number of amides is 1. The number of H-pyrrole nitrogens is 1. The summed E-state index contributed by atoms with van der Waals surface area (Å²) in [5, 5.41) is 2.75. The van der Waals surface area contributed by atoms with Crippen LogP contribution in [-0.4, -0.2) is 73.9 Å². The zero-order chi connectivity index (χ0) is 17.2. The van der Waals surface area contributed by atoms with Crippen molar-refractivity contribution < 1.29 is 4.79 Å². The molecule has 4 heterocycles. The van der Waals surface area contributed by atoms with Gasteiger partial charge in [-0.1, -0.05) is 0 Å². The predicted molar refractivity (Wildman–Crippen MR) is 91.4 cm³/mol. The van der Waals surface area contributed by atoms with E-state index in [0.29, 0.717) is 17.0 Å². The second-order valence-corrected chi connectivity index (χ2v) is 5.83. The van der Waals surface area contributed by atoms with Gasteiger partial charge in [-0.2, -0.15) is 0 Å². The van der Waals surface area contributed by atoms with Crippen molar-refractivity contribution in [3.05, 3.63) is 30.7 Å². The molecule has 0 aliphatic carbocycles. The van der Waals surface area contributed by atoms with Crippen LogP contribution in [0.3, 0.4) is 0 Å². The number of piperazine rings is 1. The lowest BCUT2D eigenvalue weighted by Gasteiger charge is -2.33. The second-order valence-electron chi connectivity index (χ2n) is 5.83. The van der Waals surface area contributed by atoms with Gasteiger partial charge < -0.3 is 20.1 Å². The fraction of sp³-hybridized carbons (Fsp3) is 0.333. The molecule has 128 valence electrons. The van der Waals surface area contributed by atoms with Crippen LogP contribution in [0, 0.1) is 0 Å².